The van der Waals surface area contributed by atoms with Crippen molar-refractivity contribution >= 4 is 33.3 Å². The van der Waals surface area contributed by atoms with Crippen LogP contribution in [0.4, 0.5) is 4.39 Å². The summed E-state index contributed by atoms with van der Waals surface area (Å²) < 4.78 is 19.1. The molecule has 0 heterocycles. The summed E-state index contributed by atoms with van der Waals surface area (Å²) in [5.41, 5.74) is 0.884. The molecule has 0 N–H and O–H groups in total. The van der Waals surface area contributed by atoms with E-state index in [4.69, 9.17) is 21.6 Å². The molecule has 0 unspecified atom stereocenters. The molecule has 3 nitrogen and oxygen atoms in total. The maximum atomic E-state index is 13.3. The van der Waals surface area contributed by atoms with Crippen molar-refractivity contribution in [2.75, 3.05) is 6.61 Å². The summed E-state index contributed by atoms with van der Waals surface area (Å²) in [6, 6.07) is 10.6. The zero-order valence-corrected chi connectivity index (χ0v) is 12.9. The van der Waals surface area contributed by atoms with Gasteiger partial charge in [-0.25, -0.2) is 4.39 Å². The van der Waals surface area contributed by atoms with Crippen LogP contribution in [0.25, 0.3) is 0 Å². The number of hydrogen-bond donors (Lipinski definition) is 0. The van der Waals surface area contributed by atoms with Crippen molar-refractivity contribution in [1.29, 1.82) is 5.26 Å². The topological polar surface area (TPSA) is 50.1 Å². The van der Waals surface area contributed by atoms with Crippen LogP contribution in [0.2, 0.25) is 5.02 Å². The van der Waals surface area contributed by atoms with Gasteiger partial charge in [-0.15, -0.1) is 0 Å². The standard InChI is InChI=1S/C15H8BrClFNO2/c16-11-5-12(17)13(18)6-15(11)21-8-14(20)10-3-1-9(7-19)2-4-10/h1-6H,8H2. The van der Waals surface area contributed by atoms with Gasteiger partial charge in [0, 0.05) is 11.6 Å². The minimum atomic E-state index is -0.624. The number of benzene rings is 2. The van der Waals surface area contributed by atoms with E-state index < -0.39 is 5.82 Å². The lowest BCUT2D eigenvalue weighted by Crippen LogP contribution is -2.12. The summed E-state index contributed by atoms with van der Waals surface area (Å²) in [5, 5.41) is 8.65. The van der Waals surface area contributed by atoms with Crippen molar-refractivity contribution in [1.82, 2.24) is 0 Å². The minimum Gasteiger partial charge on any atom is -0.484 e. The van der Waals surface area contributed by atoms with Crippen LogP contribution in [0.15, 0.2) is 40.9 Å². The van der Waals surface area contributed by atoms with Gasteiger partial charge in [-0.2, -0.15) is 5.26 Å². The Hall–Kier alpha value is -1.90. The predicted octanol–water partition coefficient (Wildman–Crippen LogP) is 4.37. The molecule has 0 aliphatic rings. The van der Waals surface area contributed by atoms with Crippen LogP contribution in [0.1, 0.15) is 15.9 Å². The second kappa shape index (κ2) is 6.70. The number of nitrogens with zero attached hydrogens (tertiary/aromatic N) is 1. The maximum Gasteiger partial charge on any atom is 0.200 e. The van der Waals surface area contributed by atoms with E-state index in [0.717, 1.165) is 6.07 Å². The quantitative estimate of drug-likeness (QED) is 0.594. The average molecular weight is 369 g/mol. The third-order valence-electron chi connectivity index (χ3n) is 2.67. The van der Waals surface area contributed by atoms with E-state index in [1.54, 1.807) is 24.3 Å². The highest BCUT2D eigenvalue weighted by Gasteiger charge is 2.11. The third kappa shape index (κ3) is 3.81. The molecule has 0 fully saturated rings. The van der Waals surface area contributed by atoms with Gasteiger partial charge in [-0.1, -0.05) is 11.6 Å². The Morgan fingerprint density at radius 2 is 2.00 bits per heavy atom. The fourth-order valence-electron chi connectivity index (χ4n) is 1.57. The Morgan fingerprint density at radius 1 is 1.33 bits per heavy atom. The molecule has 0 saturated heterocycles. The number of ether oxygens (including phenoxy) is 1. The molecule has 0 atom stereocenters. The molecule has 2 rings (SSSR count). The van der Waals surface area contributed by atoms with Crippen molar-refractivity contribution in [2.24, 2.45) is 0 Å². The fraction of sp³-hybridized carbons (Fsp3) is 0.0667. The number of rotatable bonds is 4. The van der Waals surface area contributed by atoms with E-state index in [9.17, 15) is 9.18 Å². The molecule has 0 aliphatic carbocycles. The Labute approximate surface area is 134 Å². The van der Waals surface area contributed by atoms with Crippen molar-refractivity contribution < 1.29 is 13.9 Å². The van der Waals surface area contributed by atoms with Crippen LogP contribution in [0.3, 0.4) is 0 Å². The molecule has 6 heteroatoms. The first-order chi connectivity index (χ1) is 10.0. The highest BCUT2D eigenvalue weighted by molar-refractivity contribution is 9.10. The van der Waals surface area contributed by atoms with Gasteiger partial charge in [0.2, 0.25) is 0 Å². The van der Waals surface area contributed by atoms with Crippen LogP contribution >= 0.6 is 27.5 Å². The average Bonchev–Trinajstić information content (AvgIpc) is 2.49. The number of carbonyl (C=O) groups is 1. The van der Waals surface area contributed by atoms with Crippen LogP contribution < -0.4 is 4.74 Å². The highest BCUT2D eigenvalue weighted by Crippen LogP contribution is 2.30. The monoisotopic (exact) mass is 367 g/mol. The van der Waals surface area contributed by atoms with Gasteiger partial charge in [0.1, 0.15) is 11.6 Å². The zero-order chi connectivity index (χ0) is 15.4. The Morgan fingerprint density at radius 3 is 2.62 bits per heavy atom. The number of hydrogen-bond acceptors (Lipinski definition) is 3. The van der Waals surface area contributed by atoms with Crippen LogP contribution in [0, 0.1) is 17.1 Å². The summed E-state index contributed by atoms with van der Waals surface area (Å²) in [5.74, 6) is -0.707. The molecule has 0 aromatic heterocycles. The van der Waals surface area contributed by atoms with Gasteiger partial charge < -0.3 is 4.74 Å². The number of Topliss-reactive ketones (excluding diaryl/α,β-unsaturated/α-hetero) is 1. The van der Waals surface area contributed by atoms with E-state index in [2.05, 4.69) is 15.9 Å². The van der Waals surface area contributed by atoms with E-state index in [-0.39, 0.29) is 23.2 Å². The van der Waals surface area contributed by atoms with Crippen LogP contribution in [-0.4, -0.2) is 12.4 Å². The lowest BCUT2D eigenvalue weighted by Gasteiger charge is -2.08. The summed E-state index contributed by atoms with van der Waals surface area (Å²) in [4.78, 5) is 11.9. The molecule has 2 aromatic carbocycles. The first kappa shape index (κ1) is 15.5. The predicted molar refractivity (Wildman–Crippen MR) is 80.1 cm³/mol. The van der Waals surface area contributed by atoms with E-state index in [1.165, 1.54) is 6.07 Å². The Balaban J connectivity index is 2.07. The summed E-state index contributed by atoms with van der Waals surface area (Å²) >= 11 is 8.80. The maximum absolute atomic E-state index is 13.3. The Bertz CT molecular complexity index is 726. The van der Waals surface area contributed by atoms with Crippen molar-refractivity contribution in [3.8, 4) is 11.8 Å². The van der Waals surface area contributed by atoms with Crippen LogP contribution in [-0.2, 0) is 0 Å². The molecule has 0 amide bonds. The second-order valence-electron chi connectivity index (χ2n) is 4.10. The van der Waals surface area contributed by atoms with E-state index in [0.29, 0.717) is 15.6 Å². The van der Waals surface area contributed by atoms with E-state index in [1.807, 2.05) is 6.07 Å². The molecule has 0 aliphatic heterocycles. The number of carbonyl (C=O) groups excluding carboxylic acids is 1. The van der Waals surface area contributed by atoms with Gasteiger partial charge >= 0.3 is 0 Å². The Kier molecular flexibility index (Phi) is 4.94. The molecule has 2 aromatic rings. The van der Waals surface area contributed by atoms with Gasteiger partial charge in [0.25, 0.3) is 0 Å². The molecule has 106 valence electrons. The highest BCUT2D eigenvalue weighted by atomic mass is 79.9. The molecule has 0 spiro atoms. The first-order valence-electron chi connectivity index (χ1n) is 5.82. The number of nitriles is 1. The van der Waals surface area contributed by atoms with Crippen molar-refractivity contribution in [3.63, 3.8) is 0 Å². The first-order valence-corrected chi connectivity index (χ1v) is 6.99. The normalized spacial score (nSPS) is 10.0. The number of halogens is 3. The summed E-state index contributed by atoms with van der Waals surface area (Å²) in [6.07, 6.45) is 0. The van der Waals surface area contributed by atoms with Gasteiger partial charge in [-0.05, 0) is 46.3 Å². The lowest BCUT2D eigenvalue weighted by atomic mass is 10.1. The van der Waals surface area contributed by atoms with Gasteiger partial charge in [-0.3, -0.25) is 4.79 Å². The minimum absolute atomic E-state index is 0.0346. The second-order valence-corrected chi connectivity index (χ2v) is 5.36. The summed E-state index contributed by atoms with van der Waals surface area (Å²) in [6.45, 7) is -0.244. The molecule has 0 saturated carbocycles. The zero-order valence-electron chi connectivity index (χ0n) is 10.6. The molecule has 0 bridgehead atoms. The fourth-order valence-corrected chi connectivity index (χ4v) is 2.33. The van der Waals surface area contributed by atoms with Gasteiger partial charge in [0.15, 0.2) is 12.4 Å². The lowest BCUT2D eigenvalue weighted by molar-refractivity contribution is 0.0920. The van der Waals surface area contributed by atoms with Crippen LogP contribution in [0.5, 0.6) is 5.75 Å². The number of ketones is 1. The van der Waals surface area contributed by atoms with E-state index >= 15 is 0 Å². The van der Waals surface area contributed by atoms with Crippen molar-refractivity contribution in [3.05, 3.63) is 62.8 Å². The smallest absolute Gasteiger partial charge is 0.200 e. The van der Waals surface area contributed by atoms with Gasteiger partial charge in [0.05, 0.1) is 21.1 Å². The third-order valence-corrected chi connectivity index (χ3v) is 3.58. The summed E-state index contributed by atoms with van der Waals surface area (Å²) in [7, 11) is 0. The molecule has 0 radical (unpaired) electrons. The largest absolute Gasteiger partial charge is 0.484 e. The molecular weight excluding hydrogens is 361 g/mol. The molecule has 21 heavy (non-hydrogen) atoms. The van der Waals surface area contributed by atoms with Crippen molar-refractivity contribution in [2.45, 2.75) is 0 Å². The molecular formula is C15H8BrClFNO2. The SMILES string of the molecule is N#Cc1ccc(C(=O)COc2cc(F)c(Cl)cc2Br)cc1.